The molecule has 3 unspecified atom stereocenters. The van der Waals surface area contributed by atoms with Gasteiger partial charge in [0.2, 0.25) is 0 Å². The first-order valence-corrected chi connectivity index (χ1v) is 6.45. The molecular weight excluding hydrogens is 216 g/mol. The van der Waals surface area contributed by atoms with Gasteiger partial charge in [0.1, 0.15) is 17.9 Å². The molecule has 0 heterocycles. The van der Waals surface area contributed by atoms with Crippen LogP contribution in [0.2, 0.25) is 0 Å². The minimum Gasteiger partial charge on any atom is -0.303 e. The van der Waals surface area contributed by atoms with Crippen LogP contribution in [0.15, 0.2) is 0 Å². The lowest BCUT2D eigenvalue weighted by atomic mass is 9.68. The van der Waals surface area contributed by atoms with Crippen molar-refractivity contribution in [1.29, 1.82) is 0 Å². The molecule has 3 heteroatoms. The Balaban J connectivity index is 2.69. The Bertz CT molecular complexity index is 309. The highest BCUT2D eigenvalue weighted by atomic mass is 16.1. The van der Waals surface area contributed by atoms with Crippen LogP contribution in [0, 0.1) is 23.7 Å². The van der Waals surface area contributed by atoms with E-state index in [-0.39, 0.29) is 29.3 Å². The third-order valence-corrected chi connectivity index (χ3v) is 4.01. The van der Waals surface area contributed by atoms with Crippen LogP contribution >= 0.6 is 0 Å². The molecule has 1 rings (SSSR count). The van der Waals surface area contributed by atoms with Crippen molar-refractivity contribution in [3.63, 3.8) is 0 Å². The third-order valence-electron chi connectivity index (χ3n) is 4.01. The zero-order valence-corrected chi connectivity index (χ0v) is 10.9. The predicted molar refractivity (Wildman–Crippen MR) is 65.5 cm³/mol. The minimum atomic E-state index is -0.185. The molecule has 1 saturated carbocycles. The molecule has 3 nitrogen and oxygen atoms in total. The van der Waals surface area contributed by atoms with E-state index in [4.69, 9.17) is 0 Å². The van der Waals surface area contributed by atoms with Gasteiger partial charge in [-0.15, -0.1) is 0 Å². The summed E-state index contributed by atoms with van der Waals surface area (Å²) in [6.45, 7) is 5.45. The van der Waals surface area contributed by atoms with E-state index in [2.05, 4.69) is 6.92 Å². The van der Waals surface area contributed by atoms with Gasteiger partial charge in [0, 0.05) is 24.2 Å². The molecule has 0 bridgehead atoms. The number of aldehydes is 1. The number of ketones is 2. The van der Waals surface area contributed by atoms with Gasteiger partial charge in [-0.3, -0.25) is 4.79 Å². The van der Waals surface area contributed by atoms with Gasteiger partial charge in [0.05, 0.1) is 0 Å². The largest absolute Gasteiger partial charge is 0.303 e. The average Bonchev–Trinajstić information content (AvgIpc) is 2.27. The molecule has 0 amide bonds. The zero-order valence-electron chi connectivity index (χ0n) is 10.9. The molecule has 4 atom stereocenters. The lowest BCUT2D eigenvalue weighted by molar-refractivity contribution is -0.135. The highest BCUT2D eigenvalue weighted by Gasteiger charge is 2.37. The molecule has 0 N–H and O–H groups in total. The number of hydrogen-bond donors (Lipinski definition) is 0. The smallest absolute Gasteiger partial charge is 0.140 e. The van der Waals surface area contributed by atoms with Gasteiger partial charge >= 0.3 is 0 Å². The number of rotatable bonds is 5. The molecule has 0 aromatic carbocycles. The molecule has 0 aromatic heterocycles. The lowest BCUT2D eigenvalue weighted by Crippen LogP contribution is -2.37. The Morgan fingerprint density at radius 3 is 2.65 bits per heavy atom. The molecule has 1 fully saturated rings. The second kappa shape index (κ2) is 6.08. The topological polar surface area (TPSA) is 51.2 Å². The van der Waals surface area contributed by atoms with Crippen LogP contribution in [-0.2, 0) is 14.4 Å². The van der Waals surface area contributed by atoms with Crippen LogP contribution in [0.3, 0.4) is 0 Å². The number of carbonyl (C=O) groups is 3. The van der Waals surface area contributed by atoms with E-state index in [9.17, 15) is 14.4 Å². The van der Waals surface area contributed by atoms with E-state index in [0.29, 0.717) is 18.8 Å². The van der Waals surface area contributed by atoms with Gasteiger partial charge in [-0.25, -0.2) is 0 Å². The molecule has 17 heavy (non-hydrogen) atoms. The van der Waals surface area contributed by atoms with Gasteiger partial charge in [0.15, 0.2) is 0 Å². The highest BCUT2D eigenvalue weighted by molar-refractivity contribution is 5.87. The fourth-order valence-electron chi connectivity index (χ4n) is 2.74. The summed E-state index contributed by atoms with van der Waals surface area (Å²) in [5, 5.41) is 0. The monoisotopic (exact) mass is 238 g/mol. The predicted octanol–water partition coefficient (Wildman–Crippen LogP) is 2.42. The SMILES string of the molecule is CC(=O)CCC1C(=O)C(C(C)C=O)CC[C@H]1C. The molecular formula is C14H22O3. The molecule has 0 aliphatic heterocycles. The maximum absolute atomic E-state index is 12.3. The van der Waals surface area contributed by atoms with Crippen molar-refractivity contribution in [2.24, 2.45) is 23.7 Å². The normalized spacial score (nSPS) is 31.0. The van der Waals surface area contributed by atoms with Crippen LogP contribution < -0.4 is 0 Å². The molecule has 1 aliphatic carbocycles. The second-order valence-corrected chi connectivity index (χ2v) is 5.41. The fourth-order valence-corrected chi connectivity index (χ4v) is 2.74. The molecule has 0 radical (unpaired) electrons. The minimum absolute atomic E-state index is 0.0277. The second-order valence-electron chi connectivity index (χ2n) is 5.41. The van der Waals surface area contributed by atoms with Crippen LogP contribution in [-0.4, -0.2) is 17.9 Å². The van der Waals surface area contributed by atoms with Crippen molar-refractivity contribution in [2.45, 2.75) is 46.5 Å². The molecule has 0 aromatic rings. The van der Waals surface area contributed by atoms with Crippen molar-refractivity contribution in [3.05, 3.63) is 0 Å². The van der Waals surface area contributed by atoms with Crippen LogP contribution in [0.4, 0.5) is 0 Å². The van der Waals surface area contributed by atoms with Gasteiger partial charge < -0.3 is 9.59 Å². The van der Waals surface area contributed by atoms with Crippen molar-refractivity contribution in [1.82, 2.24) is 0 Å². The van der Waals surface area contributed by atoms with E-state index < -0.39 is 0 Å². The quantitative estimate of drug-likeness (QED) is 0.691. The average molecular weight is 238 g/mol. The van der Waals surface area contributed by atoms with Crippen molar-refractivity contribution < 1.29 is 14.4 Å². The summed E-state index contributed by atoms with van der Waals surface area (Å²) in [4.78, 5) is 34.1. The van der Waals surface area contributed by atoms with E-state index in [1.54, 1.807) is 6.92 Å². The first-order valence-electron chi connectivity index (χ1n) is 6.45. The van der Waals surface area contributed by atoms with Crippen LogP contribution in [0.1, 0.15) is 46.5 Å². The maximum atomic E-state index is 12.3. The first kappa shape index (κ1) is 14.1. The number of carbonyl (C=O) groups excluding carboxylic acids is 3. The maximum Gasteiger partial charge on any atom is 0.140 e. The summed E-state index contributed by atoms with van der Waals surface area (Å²) in [6, 6.07) is 0. The summed E-state index contributed by atoms with van der Waals surface area (Å²) in [5.74, 6) is 0.340. The van der Waals surface area contributed by atoms with Crippen molar-refractivity contribution >= 4 is 17.9 Å². The summed E-state index contributed by atoms with van der Waals surface area (Å²) in [6.07, 6.45) is 3.80. The molecule has 0 saturated heterocycles. The Morgan fingerprint density at radius 2 is 2.12 bits per heavy atom. The summed E-state index contributed by atoms with van der Waals surface area (Å²) < 4.78 is 0. The molecule has 1 aliphatic rings. The van der Waals surface area contributed by atoms with Crippen molar-refractivity contribution in [3.8, 4) is 0 Å². The zero-order chi connectivity index (χ0) is 13.0. The van der Waals surface area contributed by atoms with Gasteiger partial charge in [0.25, 0.3) is 0 Å². The van der Waals surface area contributed by atoms with Crippen LogP contribution in [0.5, 0.6) is 0 Å². The third kappa shape index (κ3) is 3.48. The van der Waals surface area contributed by atoms with E-state index in [1.807, 2.05) is 6.92 Å². The summed E-state index contributed by atoms with van der Waals surface area (Å²) in [7, 11) is 0. The van der Waals surface area contributed by atoms with Crippen LogP contribution in [0.25, 0.3) is 0 Å². The Morgan fingerprint density at radius 1 is 1.47 bits per heavy atom. The Hall–Kier alpha value is -0.990. The van der Waals surface area contributed by atoms with Crippen molar-refractivity contribution in [2.75, 3.05) is 0 Å². The van der Waals surface area contributed by atoms with Gasteiger partial charge in [-0.1, -0.05) is 13.8 Å². The number of Topliss-reactive ketones (excluding diaryl/α,β-unsaturated/α-hetero) is 2. The van der Waals surface area contributed by atoms with E-state index in [1.165, 1.54) is 0 Å². The Kier molecular flexibility index (Phi) is 5.03. The summed E-state index contributed by atoms with van der Waals surface area (Å²) >= 11 is 0. The first-order chi connectivity index (χ1) is 7.97. The molecule has 96 valence electrons. The van der Waals surface area contributed by atoms with E-state index in [0.717, 1.165) is 19.1 Å². The Labute approximate surface area is 103 Å². The molecule has 0 spiro atoms. The van der Waals surface area contributed by atoms with Gasteiger partial charge in [-0.2, -0.15) is 0 Å². The fraction of sp³-hybridized carbons (Fsp3) is 0.786. The standard InChI is InChI=1S/C14H22O3/c1-9-4-6-13(10(2)8-15)14(17)12(9)7-5-11(3)16/h8-10,12-13H,4-7H2,1-3H3/t9-,10?,12?,13?/m1/s1. The lowest BCUT2D eigenvalue weighted by Gasteiger charge is -2.34. The van der Waals surface area contributed by atoms with Gasteiger partial charge in [-0.05, 0) is 32.1 Å². The number of hydrogen-bond acceptors (Lipinski definition) is 3. The summed E-state index contributed by atoms with van der Waals surface area (Å²) in [5.41, 5.74) is 0. The van der Waals surface area contributed by atoms with E-state index >= 15 is 0 Å². The highest BCUT2D eigenvalue weighted by Crippen LogP contribution is 2.36.